The van der Waals surface area contributed by atoms with E-state index in [1.54, 1.807) is 13.0 Å². The molecule has 3 N–H and O–H groups in total. The summed E-state index contributed by atoms with van der Waals surface area (Å²) < 4.78 is 13.4. The van der Waals surface area contributed by atoms with E-state index in [0.29, 0.717) is 25.2 Å². The number of halogens is 1. The summed E-state index contributed by atoms with van der Waals surface area (Å²) in [6, 6.07) is 4.53. The molecule has 2 unspecified atom stereocenters. The SMILES string of the molecule is Cc1cc(F)cc(NC2(C(=O)O)CCNCC2C)c1. The molecule has 5 heteroatoms. The highest BCUT2D eigenvalue weighted by atomic mass is 19.1. The Morgan fingerprint density at radius 3 is 2.84 bits per heavy atom. The van der Waals surface area contributed by atoms with Crippen molar-refractivity contribution in [2.45, 2.75) is 25.8 Å². The molecule has 1 saturated heterocycles. The van der Waals surface area contributed by atoms with Gasteiger partial charge < -0.3 is 15.7 Å². The summed E-state index contributed by atoms with van der Waals surface area (Å²) in [5, 5.41) is 15.8. The molecular weight excluding hydrogens is 247 g/mol. The predicted molar refractivity (Wildman–Crippen MR) is 71.8 cm³/mol. The zero-order valence-electron chi connectivity index (χ0n) is 11.2. The molecular formula is C14H19FN2O2. The standard InChI is InChI=1S/C14H19FN2O2/c1-9-5-11(15)7-12(6-9)17-14(13(18)19)3-4-16-8-10(14)2/h5-7,10,16-17H,3-4,8H2,1-2H3,(H,18,19). The van der Waals surface area contributed by atoms with Gasteiger partial charge in [0, 0.05) is 18.2 Å². The third-order valence-corrected chi connectivity index (χ3v) is 3.78. The number of carboxylic acid groups (broad SMARTS) is 1. The molecule has 0 aromatic heterocycles. The first-order valence-electron chi connectivity index (χ1n) is 6.43. The molecule has 19 heavy (non-hydrogen) atoms. The molecule has 1 aliphatic heterocycles. The second-order valence-corrected chi connectivity index (χ2v) is 5.27. The van der Waals surface area contributed by atoms with E-state index in [9.17, 15) is 14.3 Å². The average Bonchev–Trinajstić information content (AvgIpc) is 2.30. The van der Waals surface area contributed by atoms with E-state index in [-0.39, 0.29) is 11.7 Å². The highest BCUT2D eigenvalue weighted by Gasteiger charge is 2.45. The topological polar surface area (TPSA) is 61.4 Å². The number of aliphatic carboxylic acids is 1. The zero-order valence-corrected chi connectivity index (χ0v) is 11.2. The van der Waals surface area contributed by atoms with Gasteiger partial charge in [-0.05, 0) is 43.7 Å². The summed E-state index contributed by atoms with van der Waals surface area (Å²) in [7, 11) is 0. The molecule has 0 saturated carbocycles. The van der Waals surface area contributed by atoms with Crippen LogP contribution in [0.5, 0.6) is 0 Å². The van der Waals surface area contributed by atoms with E-state index in [4.69, 9.17) is 0 Å². The van der Waals surface area contributed by atoms with Crippen LogP contribution in [-0.2, 0) is 4.79 Å². The maximum atomic E-state index is 13.4. The number of carboxylic acids is 1. The molecule has 2 atom stereocenters. The number of hydrogen-bond acceptors (Lipinski definition) is 3. The zero-order chi connectivity index (χ0) is 14.0. The molecule has 0 aliphatic carbocycles. The molecule has 0 bridgehead atoms. The Morgan fingerprint density at radius 2 is 2.26 bits per heavy atom. The number of nitrogens with one attached hydrogen (secondary N) is 2. The number of anilines is 1. The lowest BCUT2D eigenvalue weighted by atomic mass is 9.79. The second-order valence-electron chi connectivity index (χ2n) is 5.27. The monoisotopic (exact) mass is 266 g/mol. The van der Waals surface area contributed by atoms with E-state index in [1.165, 1.54) is 12.1 Å². The number of carbonyl (C=O) groups is 1. The van der Waals surface area contributed by atoms with Gasteiger partial charge in [0.25, 0.3) is 0 Å². The van der Waals surface area contributed by atoms with Crippen LogP contribution in [0, 0.1) is 18.7 Å². The minimum atomic E-state index is -1.04. The summed E-state index contributed by atoms with van der Waals surface area (Å²) >= 11 is 0. The van der Waals surface area contributed by atoms with E-state index in [1.807, 2.05) is 6.92 Å². The normalized spacial score (nSPS) is 27.0. The van der Waals surface area contributed by atoms with Crippen LogP contribution in [0.4, 0.5) is 10.1 Å². The van der Waals surface area contributed by atoms with Crippen LogP contribution in [-0.4, -0.2) is 29.7 Å². The van der Waals surface area contributed by atoms with Gasteiger partial charge in [-0.2, -0.15) is 0 Å². The van der Waals surface area contributed by atoms with Gasteiger partial charge in [0.1, 0.15) is 11.4 Å². The lowest BCUT2D eigenvalue weighted by Crippen LogP contribution is -2.59. The second kappa shape index (κ2) is 5.17. The van der Waals surface area contributed by atoms with Crippen molar-refractivity contribution < 1.29 is 14.3 Å². The van der Waals surface area contributed by atoms with Crippen molar-refractivity contribution in [1.82, 2.24) is 5.32 Å². The highest BCUT2D eigenvalue weighted by Crippen LogP contribution is 2.30. The number of benzene rings is 1. The van der Waals surface area contributed by atoms with Crippen molar-refractivity contribution in [2.75, 3.05) is 18.4 Å². The van der Waals surface area contributed by atoms with E-state index in [2.05, 4.69) is 10.6 Å². The van der Waals surface area contributed by atoms with Crippen LogP contribution in [0.15, 0.2) is 18.2 Å². The number of aryl methyl sites for hydroxylation is 1. The summed E-state index contributed by atoms with van der Waals surface area (Å²) in [6.45, 7) is 4.94. The quantitative estimate of drug-likeness (QED) is 0.783. The summed E-state index contributed by atoms with van der Waals surface area (Å²) in [5.41, 5.74) is 0.254. The minimum absolute atomic E-state index is 0.0812. The predicted octanol–water partition coefficient (Wildman–Crippen LogP) is 2.00. The lowest BCUT2D eigenvalue weighted by Gasteiger charge is -2.40. The van der Waals surface area contributed by atoms with Crippen LogP contribution in [0.1, 0.15) is 18.9 Å². The first-order valence-corrected chi connectivity index (χ1v) is 6.43. The summed E-state index contributed by atoms with van der Waals surface area (Å²) in [5.74, 6) is -1.32. The third-order valence-electron chi connectivity index (χ3n) is 3.78. The van der Waals surface area contributed by atoms with Gasteiger partial charge in [0.05, 0.1) is 0 Å². The minimum Gasteiger partial charge on any atom is -0.479 e. The van der Waals surface area contributed by atoms with Gasteiger partial charge in [-0.3, -0.25) is 0 Å². The summed E-state index contributed by atoms with van der Waals surface area (Å²) in [4.78, 5) is 11.7. The molecule has 1 fully saturated rings. The van der Waals surface area contributed by atoms with Gasteiger partial charge in [-0.1, -0.05) is 6.92 Å². The number of rotatable bonds is 3. The Bertz CT molecular complexity index is 472. The molecule has 1 heterocycles. The molecule has 104 valence electrons. The Kier molecular flexibility index (Phi) is 3.75. The number of piperidine rings is 1. The van der Waals surface area contributed by atoms with Gasteiger partial charge in [-0.25, -0.2) is 9.18 Å². The Balaban J connectivity index is 2.33. The van der Waals surface area contributed by atoms with E-state index >= 15 is 0 Å². The van der Waals surface area contributed by atoms with Crippen molar-refractivity contribution in [3.05, 3.63) is 29.6 Å². The molecule has 2 rings (SSSR count). The van der Waals surface area contributed by atoms with Gasteiger partial charge in [0.2, 0.25) is 0 Å². The largest absolute Gasteiger partial charge is 0.479 e. The molecule has 1 aromatic rings. The smallest absolute Gasteiger partial charge is 0.329 e. The third kappa shape index (κ3) is 2.71. The maximum Gasteiger partial charge on any atom is 0.329 e. The van der Waals surface area contributed by atoms with Crippen molar-refractivity contribution in [2.24, 2.45) is 5.92 Å². The van der Waals surface area contributed by atoms with Crippen molar-refractivity contribution in [3.8, 4) is 0 Å². The Labute approximate surface area is 112 Å². The highest BCUT2D eigenvalue weighted by molar-refractivity contribution is 5.83. The first-order chi connectivity index (χ1) is 8.94. The lowest BCUT2D eigenvalue weighted by molar-refractivity contribution is -0.145. The van der Waals surface area contributed by atoms with Crippen LogP contribution >= 0.6 is 0 Å². The fraction of sp³-hybridized carbons (Fsp3) is 0.500. The van der Waals surface area contributed by atoms with Crippen LogP contribution < -0.4 is 10.6 Å². The number of hydrogen-bond donors (Lipinski definition) is 3. The Morgan fingerprint density at radius 1 is 1.53 bits per heavy atom. The summed E-state index contributed by atoms with van der Waals surface area (Å²) in [6.07, 6.45) is 0.471. The van der Waals surface area contributed by atoms with Crippen LogP contribution in [0.2, 0.25) is 0 Å². The molecule has 1 aliphatic rings. The van der Waals surface area contributed by atoms with Gasteiger partial charge in [0.15, 0.2) is 0 Å². The fourth-order valence-electron chi connectivity index (χ4n) is 2.65. The van der Waals surface area contributed by atoms with Crippen molar-refractivity contribution in [3.63, 3.8) is 0 Å². The fourth-order valence-corrected chi connectivity index (χ4v) is 2.65. The molecule has 0 amide bonds. The maximum absolute atomic E-state index is 13.4. The van der Waals surface area contributed by atoms with E-state index < -0.39 is 11.5 Å². The van der Waals surface area contributed by atoms with Crippen molar-refractivity contribution in [1.29, 1.82) is 0 Å². The molecule has 0 spiro atoms. The average molecular weight is 266 g/mol. The van der Waals surface area contributed by atoms with Crippen LogP contribution in [0.3, 0.4) is 0 Å². The van der Waals surface area contributed by atoms with Crippen LogP contribution in [0.25, 0.3) is 0 Å². The molecule has 1 aromatic carbocycles. The Hall–Kier alpha value is -1.62. The van der Waals surface area contributed by atoms with Gasteiger partial charge >= 0.3 is 5.97 Å². The van der Waals surface area contributed by atoms with Gasteiger partial charge in [-0.15, -0.1) is 0 Å². The van der Waals surface area contributed by atoms with Crippen molar-refractivity contribution >= 4 is 11.7 Å². The first kappa shape index (κ1) is 13.8. The molecule has 0 radical (unpaired) electrons. The van der Waals surface area contributed by atoms with E-state index in [0.717, 1.165) is 5.56 Å². The molecule has 4 nitrogen and oxygen atoms in total.